The van der Waals surface area contributed by atoms with Crippen LogP contribution in [-0.4, -0.2) is 13.1 Å². The van der Waals surface area contributed by atoms with Gasteiger partial charge in [-0.2, -0.15) is 0 Å². The van der Waals surface area contributed by atoms with Gasteiger partial charge in [0.15, 0.2) is 8.32 Å². The second-order valence-corrected chi connectivity index (χ2v) is 6.54. The Labute approximate surface area is 64.2 Å². The molecule has 0 unspecified atom stereocenters. The minimum atomic E-state index is -1.96. The summed E-state index contributed by atoms with van der Waals surface area (Å²) in [6, 6.07) is 2.47. The molecule has 0 radical (unpaired) electrons. The molecule has 0 aliphatic rings. The van der Waals surface area contributed by atoms with Crippen molar-refractivity contribution in [1.29, 1.82) is 0 Å². The summed E-state index contributed by atoms with van der Waals surface area (Å²) in [4.78, 5) is 9.82. The third-order valence-electron chi connectivity index (χ3n) is 1.71. The SMILES string of the molecule is C=CC[Si](O)(CC)CC=C. The average Bonchev–Trinajstić information content (AvgIpc) is 1.89. The lowest BCUT2D eigenvalue weighted by Crippen LogP contribution is -2.31. The van der Waals surface area contributed by atoms with Crippen LogP contribution in [0.2, 0.25) is 18.1 Å². The fraction of sp³-hybridized carbons (Fsp3) is 0.500. The number of allylic oxidation sites excluding steroid dienone is 2. The maximum absolute atomic E-state index is 9.82. The number of hydrogen-bond acceptors (Lipinski definition) is 1. The quantitative estimate of drug-likeness (QED) is 0.478. The Balaban J connectivity index is 3.92. The molecule has 1 nitrogen and oxygen atoms in total. The molecule has 0 saturated heterocycles. The van der Waals surface area contributed by atoms with E-state index in [9.17, 15) is 4.80 Å². The smallest absolute Gasteiger partial charge is 0.195 e. The lowest BCUT2D eigenvalue weighted by Gasteiger charge is -2.19. The van der Waals surface area contributed by atoms with Crippen molar-refractivity contribution in [3.8, 4) is 0 Å². The summed E-state index contributed by atoms with van der Waals surface area (Å²) in [5.41, 5.74) is 0. The zero-order valence-corrected chi connectivity index (χ0v) is 7.64. The predicted molar refractivity (Wildman–Crippen MR) is 48.5 cm³/mol. The van der Waals surface area contributed by atoms with Gasteiger partial charge in [-0.3, -0.25) is 0 Å². The molecular formula is C8H16OSi. The van der Waals surface area contributed by atoms with Crippen molar-refractivity contribution in [3.63, 3.8) is 0 Å². The maximum atomic E-state index is 9.82. The minimum Gasteiger partial charge on any atom is -0.431 e. The standard InChI is InChI=1S/C8H16OSi/c1-4-7-10(9,6-3)8-5-2/h4-5,9H,1-2,6-8H2,3H3. The second-order valence-electron chi connectivity index (χ2n) is 2.56. The summed E-state index contributed by atoms with van der Waals surface area (Å²) in [5, 5.41) is 0. The Hall–Kier alpha value is -0.343. The summed E-state index contributed by atoms with van der Waals surface area (Å²) in [5.74, 6) is 0. The first-order chi connectivity index (χ1) is 4.68. The minimum absolute atomic E-state index is 0.787. The van der Waals surface area contributed by atoms with Crippen molar-refractivity contribution in [2.24, 2.45) is 0 Å². The molecule has 0 heterocycles. The highest BCUT2D eigenvalue weighted by Crippen LogP contribution is 2.17. The first kappa shape index (κ1) is 9.66. The second kappa shape index (κ2) is 4.47. The molecular weight excluding hydrogens is 140 g/mol. The summed E-state index contributed by atoms with van der Waals surface area (Å²) in [6.07, 6.45) is 3.61. The lowest BCUT2D eigenvalue weighted by molar-refractivity contribution is 0.539. The fourth-order valence-electron chi connectivity index (χ4n) is 0.909. The van der Waals surface area contributed by atoms with Gasteiger partial charge in [-0.25, -0.2) is 0 Å². The molecule has 0 spiro atoms. The summed E-state index contributed by atoms with van der Waals surface area (Å²) < 4.78 is 0. The van der Waals surface area contributed by atoms with E-state index in [1.54, 1.807) is 12.2 Å². The van der Waals surface area contributed by atoms with Crippen LogP contribution in [0.25, 0.3) is 0 Å². The summed E-state index contributed by atoms with van der Waals surface area (Å²) in [7, 11) is -1.96. The average molecular weight is 156 g/mol. The molecule has 0 saturated carbocycles. The van der Waals surface area contributed by atoms with Crippen LogP contribution in [0.5, 0.6) is 0 Å². The molecule has 0 bridgehead atoms. The predicted octanol–water partition coefficient (Wildman–Crippen LogP) is 2.32. The molecule has 0 aromatic heterocycles. The van der Waals surface area contributed by atoms with Gasteiger partial charge in [-0.05, 0) is 18.1 Å². The van der Waals surface area contributed by atoms with E-state index in [0.29, 0.717) is 0 Å². The number of hydrogen-bond donors (Lipinski definition) is 1. The third-order valence-corrected chi connectivity index (χ3v) is 5.12. The van der Waals surface area contributed by atoms with E-state index in [0.717, 1.165) is 18.1 Å². The van der Waals surface area contributed by atoms with Crippen LogP contribution in [0.15, 0.2) is 25.3 Å². The summed E-state index contributed by atoms with van der Waals surface area (Å²) in [6.45, 7) is 9.26. The van der Waals surface area contributed by atoms with Crippen molar-refractivity contribution in [3.05, 3.63) is 25.3 Å². The van der Waals surface area contributed by atoms with Crippen LogP contribution < -0.4 is 0 Å². The van der Waals surface area contributed by atoms with E-state index in [1.165, 1.54) is 0 Å². The van der Waals surface area contributed by atoms with Gasteiger partial charge in [-0.15, -0.1) is 13.2 Å². The van der Waals surface area contributed by atoms with Crippen molar-refractivity contribution in [2.75, 3.05) is 0 Å². The molecule has 2 heteroatoms. The van der Waals surface area contributed by atoms with Crippen molar-refractivity contribution in [1.82, 2.24) is 0 Å². The van der Waals surface area contributed by atoms with Crippen LogP contribution in [0.3, 0.4) is 0 Å². The van der Waals surface area contributed by atoms with E-state index in [4.69, 9.17) is 0 Å². The van der Waals surface area contributed by atoms with Gasteiger partial charge in [0, 0.05) is 0 Å². The maximum Gasteiger partial charge on any atom is 0.195 e. The van der Waals surface area contributed by atoms with E-state index in [2.05, 4.69) is 13.2 Å². The van der Waals surface area contributed by atoms with Gasteiger partial charge in [0.2, 0.25) is 0 Å². The molecule has 10 heavy (non-hydrogen) atoms. The fourth-order valence-corrected chi connectivity index (χ4v) is 2.73. The molecule has 0 aromatic carbocycles. The monoisotopic (exact) mass is 156 g/mol. The van der Waals surface area contributed by atoms with Crippen LogP contribution in [0, 0.1) is 0 Å². The first-order valence-electron chi connectivity index (χ1n) is 3.62. The van der Waals surface area contributed by atoms with Gasteiger partial charge in [0.05, 0.1) is 0 Å². The van der Waals surface area contributed by atoms with Gasteiger partial charge >= 0.3 is 0 Å². The van der Waals surface area contributed by atoms with E-state index >= 15 is 0 Å². The molecule has 1 N–H and O–H groups in total. The molecule has 0 aromatic rings. The van der Waals surface area contributed by atoms with Crippen molar-refractivity contribution in [2.45, 2.75) is 25.1 Å². The Morgan fingerprint density at radius 1 is 1.30 bits per heavy atom. The van der Waals surface area contributed by atoms with Gasteiger partial charge in [0.1, 0.15) is 0 Å². The first-order valence-corrected chi connectivity index (χ1v) is 6.19. The molecule has 0 rings (SSSR count). The van der Waals surface area contributed by atoms with Crippen LogP contribution in [0.1, 0.15) is 6.92 Å². The van der Waals surface area contributed by atoms with E-state index in [1.807, 2.05) is 6.92 Å². The van der Waals surface area contributed by atoms with Crippen LogP contribution >= 0.6 is 0 Å². The molecule has 0 amide bonds. The third kappa shape index (κ3) is 2.99. The zero-order chi connectivity index (χ0) is 8.04. The highest BCUT2D eigenvalue weighted by molar-refractivity contribution is 6.73. The molecule has 0 aliphatic carbocycles. The highest BCUT2D eigenvalue weighted by atomic mass is 28.4. The Morgan fingerprint density at radius 3 is 1.90 bits per heavy atom. The largest absolute Gasteiger partial charge is 0.431 e. The Morgan fingerprint density at radius 2 is 1.70 bits per heavy atom. The molecule has 0 atom stereocenters. The van der Waals surface area contributed by atoms with Crippen LogP contribution in [0.4, 0.5) is 0 Å². The molecule has 0 aliphatic heterocycles. The number of rotatable bonds is 5. The van der Waals surface area contributed by atoms with Gasteiger partial charge in [0.25, 0.3) is 0 Å². The molecule has 0 fully saturated rings. The Bertz CT molecular complexity index is 110. The highest BCUT2D eigenvalue weighted by Gasteiger charge is 2.24. The Kier molecular flexibility index (Phi) is 4.32. The normalized spacial score (nSPS) is 11.0. The van der Waals surface area contributed by atoms with Gasteiger partial charge in [-0.1, -0.05) is 19.1 Å². The van der Waals surface area contributed by atoms with Crippen molar-refractivity contribution < 1.29 is 4.80 Å². The van der Waals surface area contributed by atoms with Crippen LogP contribution in [-0.2, 0) is 0 Å². The summed E-state index contributed by atoms with van der Waals surface area (Å²) >= 11 is 0. The van der Waals surface area contributed by atoms with E-state index in [-0.39, 0.29) is 0 Å². The lowest BCUT2D eigenvalue weighted by atomic mass is 10.7. The van der Waals surface area contributed by atoms with Gasteiger partial charge < -0.3 is 4.80 Å². The zero-order valence-electron chi connectivity index (χ0n) is 6.64. The van der Waals surface area contributed by atoms with E-state index < -0.39 is 8.32 Å². The molecule has 58 valence electrons. The topological polar surface area (TPSA) is 20.2 Å². The van der Waals surface area contributed by atoms with Crippen molar-refractivity contribution >= 4 is 8.32 Å².